The Hall–Kier alpha value is -1.91. The molecule has 0 unspecified atom stereocenters. The van der Waals surface area contributed by atoms with Gasteiger partial charge in [-0.05, 0) is 25.0 Å². The van der Waals surface area contributed by atoms with E-state index < -0.39 is 0 Å². The van der Waals surface area contributed by atoms with Crippen molar-refractivity contribution in [3.8, 4) is 5.69 Å². The summed E-state index contributed by atoms with van der Waals surface area (Å²) in [4.78, 5) is 8.20. The largest absolute Gasteiger partial charge is 0.367 e. The third-order valence-electron chi connectivity index (χ3n) is 2.36. The van der Waals surface area contributed by atoms with E-state index >= 15 is 0 Å². The van der Waals surface area contributed by atoms with Crippen LogP contribution in [0.25, 0.3) is 5.69 Å². The third kappa shape index (κ3) is 1.81. The molecule has 2 aromatic rings. The van der Waals surface area contributed by atoms with E-state index in [4.69, 9.17) is 0 Å². The second-order valence-electron chi connectivity index (χ2n) is 3.66. The van der Waals surface area contributed by atoms with Crippen LogP contribution in [0.4, 0.5) is 5.82 Å². The zero-order valence-corrected chi connectivity index (χ0v) is 8.17. The standard InChI is InChI=1S/C10H11N5/c1-2-8(1)14-10-4-3-9(5-12-10)15-7-11-6-13-15/h3-8H,1-2H2,(H,12,14). The highest BCUT2D eigenvalue weighted by Gasteiger charge is 2.20. The minimum atomic E-state index is 0.634. The maximum absolute atomic E-state index is 4.32. The molecule has 0 saturated heterocycles. The van der Waals surface area contributed by atoms with Crippen molar-refractivity contribution in [2.75, 3.05) is 5.32 Å². The molecule has 0 amide bonds. The average molecular weight is 201 g/mol. The fraction of sp³-hybridized carbons (Fsp3) is 0.300. The van der Waals surface area contributed by atoms with Crippen molar-refractivity contribution in [1.29, 1.82) is 0 Å². The molecule has 0 aromatic carbocycles. The molecule has 1 aliphatic rings. The van der Waals surface area contributed by atoms with Gasteiger partial charge in [0.05, 0.1) is 11.9 Å². The van der Waals surface area contributed by atoms with Crippen LogP contribution >= 0.6 is 0 Å². The summed E-state index contributed by atoms with van der Waals surface area (Å²) in [6, 6.07) is 4.58. The zero-order valence-electron chi connectivity index (χ0n) is 8.17. The summed E-state index contributed by atoms with van der Waals surface area (Å²) in [5.74, 6) is 0.932. The van der Waals surface area contributed by atoms with Gasteiger partial charge in [0.1, 0.15) is 18.5 Å². The second kappa shape index (κ2) is 3.34. The van der Waals surface area contributed by atoms with Crippen molar-refractivity contribution in [3.05, 3.63) is 31.0 Å². The second-order valence-corrected chi connectivity index (χ2v) is 3.66. The number of hydrogen-bond donors (Lipinski definition) is 1. The summed E-state index contributed by atoms with van der Waals surface area (Å²) in [5, 5.41) is 7.37. The van der Waals surface area contributed by atoms with Crippen molar-refractivity contribution in [2.24, 2.45) is 0 Å². The van der Waals surface area contributed by atoms with Crippen molar-refractivity contribution in [2.45, 2.75) is 18.9 Å². The predicted octanol–water partition coefficient (Wildman–Crippen LogP) is 1.24. The van der Waals surface area contributed by atoms with Gasteiger partial charge in [-0.3, -0.25) is 0 Å². The molecule has 76 valence electrons. The van der Waals surface area contributed by atoms with Gasteiger partial charge in [-0.25, -0.2) is 14.6 Å². The molecule has 2 aromatic heterocycles. The van der Waals surface area contributed by atoms with E-state index in [0.29, 0.717) is 6.04 Å². The zero-order chi connectivity index (χ0) is 10.1. The Labute approximate surface area is 87.2 Å². The maximum Gasteiger partial charge on any atom is 0.138 e. The lowest BCUT2D eigenvalue weighted by atomic mass is 10.4. The molecule has 0 spiro atoms. The Kier molecular flexibility index (Phi) is 1.87. The summed E-state index contributed by atoms with van der Waals surface area (Å²) in [6.07, 6.45) is 7.47. The lowest BCUT2D eigenvalue weighted by molar-refractivity contribution is 0.872. The van der Waals surface area contributed by atoms with Crippen molar-refractivity contribution < 1.29 is 0 Å². The van der Waals surface area contributed by atoms with E-state index in [-0.39, 0.29) is 0 Å². The van der Waals surface area contributed by atoms with Gasteiger partial charge in [0.25, 0.3) is 0 Å². The molecule has 1 saturated carbocycles. The first-order chi connectivity index (χ1) is 7.42. The van der Waals surface area contributed by atoms with Crippen LogP contribution in [0.5, 0.6) is 0 Å². The summed E-state index contributed by atoms with van der Waals surface area (Å²) in [6.45, 7) is 0. The number of rotatable bonds is 3. The van der Waals surface area contributed by atoms with Crippen molar-refractivity contribution in [1.82, 2.24) is 19.7 Å². The minimum absolute atomic E-state index is 0.634. The number of hydrogen-bond acceptors (Lipinski definition) is 4. The van der Waals surface area contributed by atoms with Crippen molar-refractivity contribution >= 4 is 5.82 Å². The van der Waals surface area contributed by atoms with Crippen LogP contribution in [-0.4, -0.2) is 25.8 Å². The lowest BCUT2D eigenvalue weighted by Gasteiger charge is -2.04. The molecule has 5 heteroatoms. The van der Waals surface area contributed by atoms with Crippen LogP contribution in [0, 0.1) is 0 Å². The Bertz CT molecular complexity index is 429. The van der Waals surface area contributed by atoms with Gasteiger partial charge >= 0.3 is 0 Å². The van der Waals surface area contributed by atoms with E-state index in [1.807, 2.05) is 12.1 Å². The van der Waals surface area contributed by atoms with Gasteiger partial charge in [-0.15, -0.1) is 0 Å². The molecule has 0 radical (unpaired) electrons. The fourth-order valence-corrected chi connectivity index (χ4v) is 1.39. The number of nitrogens with zero attached hydrogens (tertiary/aromatic N) is 4. The van der Waals surface area contributed by atoms with Crippen LogP contribution < -0.4 is 5.32 Å². The van der Waals surface area contributed by atoms with Gasteiger partial charge in [0.2, 0.25) is 0 Å². The van der Waals surface area contributed by atoms with E-state index in [9.17, 15) is 0 Å². The molecule has 1 fully saturated rings. The van der Waals surface area contributed by atoms with E-state index in [2.05, 4.69) is 20.4 Å². The molecule has 5 nitrogen and oxygen atoms in total. The summed E-state index contributed by atoms with van der Waals surface area (Å²) in [5.41, 5.74) is 0.925. The van der Waals surface area contributed by atoms with Crippen LogP contribution in [-0.2, 0) is 0 Å². The molecule has 2 heterocycles. The Morgan fingerprint density at radius 3 is 2.87 bits per heavy atom. The van der Waals surface area contributed by atoms with Crippen LogP contribution in [0.1, 0.15) is 12.8 Å². The fourth-order valence-electron chi connectivity index (χ4n) is 1.39. The topological polar surface area (TPSA) is 55.6 Å². The first-order valence-electron chi connectivity index (χ1n) is 4.99. The molecular weight excluding hydrogens is 190 g/mol. The molecule has 0 bridgehead atoms. The van der Waals surface area contributed by atoms with Gasteiger partial charge in [-0.1, -0.05) is 0 Å². The Morgan fingerprint density at radius 1 is 1.33 bits per heavy atom. The smallest absolute Gasteiger partial charge is 0.138 e. The highest BCUT2D eigenvalue weighted by Crippen LogP contribution is 2.23. The van der Waals surface area contributed by atoms with E-state index in [1.54, 1.807) is 17.2 Å². The van der Waals surface area contributed by atoms with Crippen molar-refractivity contribution in [3.63, 3.8) is 0 Å². The summed E-state index contributed by atoms with van der Waals surface area (Å²) in [7, 11) is 0. The highest BCUT2D eigenvalue weighted by molar-refractivity contribution is 5.41. The highest BCUT2D eigenvalue weighted by atomic mass is 15.3. The molecule has 1 aliphatic carbocycles. The molecule has 0 atom stereocenters. The molecule has 0 aliphatic heterocycles. The number of nitrogens with one attached hydrogen (secondary N) is 1. The number of pyridine rings is 1. The Balaban J connectivity index is 1.80. The molecule has 1 N–H and O–H groups in total. The Morgan fingerprint density at radius 2 is 2.27 bits per heavy atom. The minimum Gasteiger partial charge on any atom is -0.367 e. The van der Waals surface area contributed by atoms with Gasteiger partial charge in [0, 0.05) is 6.04 Å². The summed E-state index contributed by atoms with van der Waals surface area (Å²) >= 11 is 0. The van der Waals surface area contributed by atoms with E-state index in [1.165, 1.54) is 19.2 Å². The predicted molar refractivity (Wildman–Crippen MR) is 55.8 cm³/mol. The number of anilines is 1. The van der Waals surface area contributed by atoms with Gasteiger partial charge in [0.15, 0.2) is 0 Å². The third-order valence-corrected chi connectivity index (χ3v) is 2.36. The quantitative estimate of drug-likeness (QED) is 0.811. The monoisotopic (exact) mass is 201 g/mol. The van der Waals surface area contributed by atoms with Gasteiger partial charge < -0.3 is 5.32 Å². The SMILES string of the molecule is c1ncn(-c2ccc(NC3CC3)nc2)n1. The van der Waals surface area contributed by atoms with Crippen LogP contribution in [0.15, 0.2) is 31.0 Å². The first-order valence-corrected chi connectivity index (χ1v) is 4.99. The molecule has 15 heavy (non-hydrogen) atoms. The average Bonchev–Trinajstić information content (AvgIpc) is 2.92. The molecule has 3 rings (SSSR count). The maximum atomic E-state index is 4.32. The lowest BCUT2D eigenvalue weighted by Crippen LogP contribution is -2.03. The van der Waals surface area contributed by atoms with Crippen LogP contribution in [0.2, 0.25) is 0 Å². The van der Waals surface area contributed by atoms with Gasteiger partial charge in [-0.2, -0.15) is 5.10 Å². The normalized spacial score (nSPS) is 15.2. The number of aromatic nitrogens is 4. The molecular formula is C10H11N5. The van der Waals surface area contributed by atoms with Crippen LogP contribution in [0.3, 0.4) is 0 Å². The first kappa shape index (κ1) is 8.40. The summed E-state index contributed by atoms with van der Waals surface area (Å²) < 4.78 is 1.69. The van der Waals surface area contributed by atoms with E-state index in [0.717, 1.165) is 11.5 Å².